The molecule has 6 nitrogen and oxygen atoms in total. The van der Waals surface area contributed by atoms with Crippen LogP contribution in [0.15, 0.2) is 168 Å². The van der Waals surface area contributed by atoms with Crippen LogP contribution in [0, 0.1) is 0 Å². The highest BCUT2D eigenvalue weighted by Gasteiger charge is 2.19. The molecule has 0 aliphatic rings. The fraction of sp³-hybridized carbons (Fsp3) is 0. The number of para-hydroxylation sites is 1. The molecule has 0 radical (unpaired) electrons. The molecule has 0 amide bonds. The van der Waals surface area contributed by atoms with E-state index in [-0.39, 0.29) is 0 Å². The Bertz CT molecular complexity index is 3200. The van der Waals surface area contributed by atoms with Crippen molar-refractivity contribution in [3.05, 3.63) is 164 Å². The second-order valence-electron chi connectivity index (χ2n) is 13.1. The summed E-state index contributed by atoms with van der Waals surface area (Å²) in [6.45, 7) is 0. The number of fused-ring (bicyclic) bond motifs is 8. The molecule has 11 aromatic rings. The number of furan rings is 1. The maximum atomic E-state index is 6.03. The Labute approximate surface area is 297 Å². The van der Waals surface area contributed by atoms with Gasteiger partial charge in [-0.2, -0.15) is 0 Å². The highest BCUT2D eigenvalue weighted by Crippen LogP contribution is 2.39. The lowest BCUT2D eigenvalue weighted by Gasteiger charge is -2.14. The molecule has 4 aromatic heterocycles. The van der Waals surface area contributed by atoms with Gasteiger partial charge in [-0.05, 0) is 70.8 Å². The van der Waals surface area contributed by atoms with E-state index in [0.29, 0.717) is 23.2 Å². The van der Waals surface area contributed by atoms with Gasteiger partial charge in [0.2, 0.25) is 5.71 Å². The minimum Gasteiger partial charge on any atom is -0.438 e. The lowest BCUT2D eigenvalue weighted by atomic mass is 10.0. The predicted octanol–water partition coefficient (Wildman–Crippen LogP) is 11.6. The van der Waals surface area contributed by atoms with E-state index in [9.17, 15) is 0 Å². The van der Waals surface area contributed by atoms with Crippen LogP contribution in [-0.4, -0.2) is 24.5 Å². The largest absolute Gasteiger partial charge is 0.438 e. The summed E-state index contributed by atoms with van der Waals surface area (Å²) in [5, 5.41) is 9.00. The van der Waals surface area contributed by atoms with Gasteiger partial charge in [0.15, 0.2) is 17.5 Å². The Balaban J connectivity index is 1.15. The summed E-state index contributed by atoms with van der Waals surface area (Å²) in [4.78, 5) is 19.7. The van der Waals surface area contributed by atoms with E-state index in [1.165, 1.54) is 27.1 Å². The van der Waals surface area contributed by atoms with Gasteiger partial charge in [0, 0.05) is 49.8 Å². The van der Waals surface area contributed by atoms with Gasteiger partial charge in [-0.3, -0.25) is 0 Å². The van der Waals surface area contributed by atoms with Crippen LogP contribution in [0.3, 0.4) is 0 Å². The molecule has 0 aliphatic heterocycles. The van der Waals surface area contributed by atoms with Crippen LogP contribution in [0.25, 0.3) is 105 Å². The van der Waals surface area contributed by atoms with E-state index in [1.807, 2.05) is 54.6 Å². The molecule has 0 spiro atoms. The first kappa shape index (κ1) is 28.6. The van der Waals surface area contributed by atoms with Gasteiger partial charge in [-0.1, -0.05) is 103 Å². The molecule has 0 saturated carbocycles. The van der Waals surface area contributed by atoms with Crippen molar-refractivity contribution >= 4 is 65.4 Å². The SMILES string of the molecule is c1ccc(-c2nc(-c3ccc4oc5ncccc5c4c3)nc(-c3cccc4c(-n5c6ccccc6c6cc7ccccc7cc65)cccc34)n2)cc1. The lowest BCUT2D eigenvalue weighted by Crippen LogP contribution is -2.01. The predicted molar refractivity (Wildman–Crippen MR) is 211 cm³/mol. The minimum atomic E-state index is 0.589. The maximum absolute atomic E-state index is 6.03. The van der Waals surface area contributed by atoms with Gasteiger partial charge in [0.25, 0.3) is 0 Å². The Morgan fingerprint density at radius 3 is 2.04 bits per heavy atom. The van der Waals surface area contributed by atoms with Crippen LogP contribution in [0.2, 0.25) is 0 Å². The van der Waals surface area contributed by atoms with E-state index in [2.05, 4.69) is 113 Å². The first-order chi connectivity index (χ1) is 25.8. The summed E-state index contributed by atoms with van der Waals surface area (Å²) in [5.41, 5.74) is 7.55. The van der Waals surface area contributed by atoms with E-state index >= 15 is 0 Å². The van der Waals surface area contributed by atoms with Crippen molar-refractivity contribution in [2.24, 2.45) is 0 Å². The van der Waals surface area contributed by atoms with E-state index in [1.54, 1.807) is 6.20 Å². The summed E-state index contributed by atoms with van der Waals surface area (Å²) in [5.74, 6) is 1.81. The number of nitrogens with zero attached hydrogens (tertiary/aromatic N) is 5. The average Bonchev–Trinajstić information content (AvgIpc) is 3.74. The second kappa shape index (κ2) is 11.2. The van der Waals surface area contributed by atoms with Crippen molar-refractivity contribution < 1.29 is 4.42 Å². The first-order valence-corrected chi connectivity index (χ1v) is 17.3. The van der Waals surface area contributed by atoms with Crippen molar-refractivity contribution in [1.82, 2.24) is 24.5 Å². The van der Waals surface area contributed by atoms with Crippen LogP contribution in [0.1, 0.15) is 0 Å². The molecular weight excluding hydrogens is 639 g/mol. The second-order valence-corrected chi connectivity index (χ2v) is 13.1. The third kappa shape index (κ3) is 4.38. The van der Waals surface area contributed by atoms with Crippen molar-refractivity contribution in [2.45, 2.75) is 0 Å². The van der Waals surface area contributed by atoms with Crippen molar-refractivity contribution in [3.63, 3.8) is 0 Å². The number of hydrogen-bond acceptors (Lipinski definition) is 5. The molecular formula is C46H27N5O. The monoisotopic (exact) mass is 665 g/mol. The number of rotatable bonds is 4. The van der Waals surface area contributed by atoms with Crippen LogP contribution in [-0.2, 0) is 0 Å². The van der Waals surface area contributed by atoms with Crippen molar-refractivity contribution in [1.29, 1.82) is 0 Å². The number of aromatic nitrogens is 5. The van der Waals surface area contributed by atoms with Crippen LogP contribution in [0.4, 0.5) is 0 Å². The minimum absolute atomic E-state index is 0.589. The molecule has 0 aliphatic carbocycles. The summed E-state index contributed by atoms with van der Waals surface area (Å²) >= 11 is 0. The van der Waals surface area contributed by atoms with Crippen molar-refractivity contribution in [3.8, 4) is 39.9 Å². The normalized spacial score (nSPS) is 11.8. The van der Waals surface area contributed by atoms with Crippen LogP contribution >= 0.6 is 0 Å². The smallest absolute Gasteiger partial charge is 0.227 e. The molecule has 0 N–H and O–H groups in total. The number of hydrogen-bond donors (Lipinski definition) is 0. The molecule has 11 rings (SSSR count). The molecule has 4 heterocycles. The van der Waals surface area contributed by atoms with E-state index in [0.717, 1.165) is 55.0 Å². The van der Waals surface area contributed by atoms with Gasteiger partial charge >= 0.3 is 0 Å². The molecule has 6 heteroatoms. The molecule has 52 heavy (non-hydrogen) atoms. The Morgan fingerprint density at radius 1 is 0.423 bits per heavy atom. The molecule has 242 valence electrons. The highest BCUT2D eigenvalue weighted by atomic mass is 16.3. The Kier molecular flexibility index (Phi) is 6.15. The van der Waals surface area contributed by atoms with Gasteiger partial charge in [0.05, 0.1) is 16.7 Å². The summed E-state index contributed by atoms with van der Waals surface area (Å²) in [6.07, 6.45) is 1.74. The zero-order chi connectivity index (χ0) is 34.2. The zero-order valence-corrected chi connectivity index (χ0v) is 27.7. The fourth-order valence-corrected chi connectivity index (χ4v) is 7.69. The van der Waals surface area contributed by atoms with Gasteiger partial charge in [-0.25, -0.2) is 19.9 Å². The first-order valence-electron chi connectivity index (χ1n) is 17.3. The molecule has 0 fully saturated rings. The number of pyridine rings is 1. The molecule has 0 bridgehead atoms. The third-order valence-electron chi connectivity index (χ3n) is 10.1. The standard InChI is InChI=1S/C46H27N5O/c1-2-11-28(12-3-1)43-48-44(31-22-23-42-38(26-31)36-19-10-24-47-46(36)52-42)50-45(49-43)35-18-8-17-33-32(35)16-9-21-40(33)51-39-20-7-6-15-34(39)37-25-29-13-4-5-14-30(29)27-41(37)51/h1-27H. The fourth-order valence-electron chi connectivity index (χ4n) is 7.69. The van der Waals surface area contributed by atoms with Crippen LogP contribution < -0.4 is 0 Å². The molecule has 0 saturated heterocycles. The third-order valence-corrected chi connectivity index (χ3v) is 10.1. The zero-order valence-electron chi connectivity index (χ0n) is 27.7. The molecule has 0 atom stereocenters. The van der Waals surface area contributed by atoms with Gasteiger partial charge in [0.1, 0.15) is 5.58 Å². The van der Waals surface area contributed by atoms with Gasteiger partial charge in [-0.15, -0.1) is 0 Å². The van der Waals surface area contributed by atoms with Crippen LogP contribution in [0.5, 0.6) is 0 Å². The maximum Gasteiger partial charge on any atom is 0.227 e. The average molecular weight is 666 g/mol. The quantitative estimate of drug-likeness (QED) is 0.187. The molecule has 7 aromatic carbocycles. The number of benzene rings is 7. The summed E-state index contributed by atoms with van der Waals surface area (Å²) in [6, 6.07) is 54.9. The topological polar surface area (TPSA) is 69.6 Å². The summed E-state index contributed by atoms with van der Waals surface area (Å²) < 4.78 is 8.43. The summed E-state index contributed by atoms with van der Waals surface area (Å²) in [7, 11) is 0. The highest BCUT2D eigenvalue weighted by molar-refractivity contribution is 6.15. The Morgan fingerprint density at radius 2 is 1.13 bits per heavy atom. The lowest BCUT2D eigenvalue weighted by molar-refractivity contribution is 0.654. The Hall–Kier alpha value is -7.18. The van der Waals surface area contributed by atoms with E-state index in [4.69, 9.17) is 19.4 Å². The van der Waals surface area contributed by atoms with Gasteiger partial charge < -0.3 is 8.98 Å². The van der Waals surface area contributed by atoms with Crippen molar-refractivity contribution in [2.75, 3.05) is 0 Å². The van der Waals surface area contributed by atoms with E-state index < -0.39 is 0 Å². The molecule has 0 unspecified atom stereocenters.